The number of benzene rings is 1. The summed E-state index contributed by atoms with van der Waals surface area (Å²) in [4.78, 5) is 11.5. The highest BCUT2D eigenvalue weighted by Gasteiger charge is 2.33. The van der Waals surface area contributed by atoms with Gasteiger partial charge in [0.1, 0.15) is 11.8 Å². The minimum atomic E-state index is -0.573. The quantitative estimate of drug-likeness (QED) is 0.698. The highest BCUT2D eigenvalue weighted by Crippen LogP contribution is 2.45. The fourth-order valence-electron chi connectivity index (χ4n) is 2.55. The third-order valence-corrected chi connectivity index (χ3v) is 4.03. The molecule has 1 aromatic rings. The summed E-state index contributed by atoms with van der Waals surface area (Å²) in [5, 5.41) is 14.1. The highest BCUT2D eigenvalue weighted by molar-refractivity contribution is 5.50. The largest absolute Gasteiger partial charge is 0.507 e. The van der Waals surface area contributed by atoms with Crippen molar-refractivity contribution in [1.82, 2.24) is 0 Å². The molecule has 0 aliphatic carbocycles. The van der Waals surface area contributed by atoms with Gasteiger partial charge in [0, 0.05) is 5.56 Å². The molecule has 0 amide bonds. The molecule has 1 N–H and O–H groups in total. The van der Waals surface area contributed by atoms with Crippen LogP contribution in [0, 0.1) is 10.3 Å². The number of nitrogens with zero attached hydrogens (tertiary/aromatic N) is 1. The van der Waals surface area contributed by atoms with Crippen molar-refractivity contribution >= 4 is 0 Å². The molecule has 0 saturated carbocycles. The van der Waals surface area contributed by atoms with E-state index in [0.717, 1.165) is 11.1 Å². The standard InChI is InChI=1S/C19H31NO2/c1-17(2,3)12-10-13(16(20-22)19(7,8)9)15(21)14(11-12)18(4,5)6/h10-11,16,21H,1-9H3. The van der Waals surface area contributed by atoms with E-state index in [2.05, 4.69) is 52.8 Å². The average Bonchev–Trinajstić information content (AvgIpc) is 2.27. The van der Waals surface area contributed by atoms with E-state index >= 15 is 0 Å². The average molecular weight is 305 g/mol. The maximum atomic E-state index is 11.5. The lowest BCUT2D eigenvalue weighted by Crippen LogP contribution is -2.21. The number of phenols is 1. The van der Waals surface area contributed by atoms with Crippen LogP contribution in [0.5, 0.6) is 5.75 Å². The third-order valence-electron chi connectivity index (χ3n) is 4.03. The second kappa shape index (κ2) is 5.68. The SMILES string of the molecule is CC(C)(C)c1cc(C(N=O)C(C)(C)C)c(O)c(C(C)(C)C)c1. The number of rotatable bonds is 2. The summed E-state index contributed by atoms with van der Waals surface area (Å²) >= 11 is 0. The van der Waals surface area contributed by atoms with Crippen molar-refractivity contribution in [3.8, 4) is 5.75 Å². The molecule has 0 spiro atoms. The molecule has 0 radical (unpaired) electrons. The molecule has 0 fully saturated rings. The summed E-state index contributed by atoms with van der Waals surface area (Å²) in [5.74, 6) is 0.208. The summed E-state index contributed by atoms with van der Waals surface area (Å²) in [5.41, 5.74) is 2.01. The van der Waals surface area contributed by atoms with Gasteiger partial charge < -0.3 is 5.11 Å². The predicted molar refractivity (Wildman–Crippen MR) is 93.5 cm³/mol. The lowest BCUT2D eigenvalue weighted by atomic mass is 9.75. The van der Waals surface area contributed by atoms with Crippen LogP contribution in [0.1, 0.15) is 85.0 Å². The molecule has 124 valence electrons. The van der Waals surface area contributed by atoms with Gasteiger partial charge in [-0.1, -0.05) is 73.6 Å². The molecule has 0 heterocycles. The molecular formula is C19H31NO2. The zero-order chi connectivity index (χ0) is 17.5. The van der Waals surface area contributed by atoms with Gasteiger partial charge in [-0.05, 0) is 33.4 Å². The number of hydrogen-bond acceptors (Lipinski definition) is 3. The smallest absolute Gasteiger partial charge is 0.125 e. The first kappa shape index (κ1) is 18.7. The summed E-state index contributed by atoms with van der Waals surface area (Å²) in [6, 6.07) is 3.43. The first-order chi connectivity index (χ1) is 9.69. The Morgan fingerprint density at radius 1 is 0.909 bits per heavy atom. The van der Waals surface area contributed by atoms with Crippen LogP contribution in [0.25, 0.3) is 0 Å². The summed E-state index contributed by atoms with van der Waals surface area (Å²) in [6.07, 6.45) is 0. The summed E-state index contributed by atoms with van der Waals surface area (Å²) in [7, 11) is 0. The second-order valence-corrected chi connectivity index (χ2v) is 9.34. The Hall–Kier alpha value is -1.38. The second-order valence-electron chi connectivity index (χ2n) is 9.34. The maximum Gasteiger partial charge on any atom is 0.125 e. The van der Waals surface area contributed by atoms with Gasteiger partial charge >= 0.3 is 0 Å². The van der Waals surface area contributed by atoms with Crippen molar-refractivity contribution < 1.29 is 5.11 Å². The Morgan fingerprint density at radius 3 is 1.73 bits per heavy atom. The van der Waals surface area contributed by atoms with Gasteiger partial charge in [-0.25, -0.2) is 0 Å². The van der Waals surface area contributed by atoms with E-state index in [0.29, 0.717) is 5.56 Å². The van der Waals surface area contributed by atoms with Crippen LogP contribution in [0.2, 0.25) is 0 Å². The molecule has 0 aliphatic rings. The van der Waals surface area contributed by atoms with Crippen LogP contribution in [-0.4, -0.2) is 5.11 Å². The Morgan fingerprint density at radius 2 is 1.41 bits per heavy atom. The van der Waals surface area contributed by atoms with Crippen LogP contribution < -0.4 is 0 Å². The van der Waals surface area contributed by atoms with Crippen LogP contribution in [0.15, 0.2) is 17.3 Å². The molecule has 22 heavy (non-hydrogen) atoms. The Bertz CT molecular complexity index is 555. The van der Waals surface area contributed by atoms with E-state index in [4.69, 9.17) is 0 Å². The number of hydrogen-bond donors (Lipinski definition) is 1. The van der Waals surface area contributed by atoms with Crippen molar-refractivity contribution in [3.05, 3.63) is 33.7 Å². The van der Waals surface area contributed by atoms with Gasteiger partial charge in [0.2, 0.25) is 0 Å². The van der Waals surface area contributed by atoms with Crippen molar-refractivity contribution in [2.24, 2.45) is 10.6 Å². The molecule has 0 bridgehead atoms. The minimum Gasteiger partial charge on any atom is -0.507 e. The van der Waals surface area contributed by atoms with Crippen molar-refractivity contribution in [2.45, 2.75) is 79.2 Å². The van der Waals surface area contributed by atoms with Gasteiger partial charge in [-0.15, -0.1) is 0 Å². The molecule has 0 aliphatic heterocycles. The lowest BCUT2D eigenvalue weighted by molar-refractivity contribution is 0.315. The number of phenolic OH excluding ortho intramolecular Hbond substituents is 1. The normalized spacial score (nSPS) is 14.8. The van der Waals surface area contributed by atoms with Crippen LogP contribution >= 0.6 is 0 Å². The molecule has 0 saturated heterocycles. The molecule has 3 nitrogen and oxygen atoms in total. The molecule has 1 unspecified atom stereocenters. The molecular weight excluding hydrogens is 274 g/mol. The minimum absolute atomic E-state index is 0.0617. The van der Waals surface area contributed by atoms with E-state index in [1.807, 2.05) is 26.8 Å². The molecule has 1 rings (SSSR count). The van der Waals surface area contributed by atoms with Gasteiger partial charge in [-0.2, -0.15) is 4.91 Å². The predicted octanol–water partition coefficient (Wildman–Crippen LogP) is 5.84. The van der Waals surface area contributed by atoms with E-state index < -0.39 is 6.04 Å². The highest BCUT2D eigenvalue weighted by atomic mass is 16.3. The van der Waals surface area contributed by atoms with Gasteiger partial charge in [0.25, 0.3) is 0 Å². The van der Waals surface area contributed by atoms with Crippen molar-refractivity contribution in [1.29, 1.82) is 0 Å². The van der Waals surface area contributed by atoms with Gasteiger partial charge in [0.05, 0.1) is 0 Å². The zero-order valence-corrected chi connectivity index (χ0v) is 15.5. The first-order valence-corrected chi connectivity index (χ1v) is 7.90. The number of aromatic hydroxyl groups is 1. The van der Waals surface area contributed by atoms with Crippen molar-refractivity contribution in [3.63, 3.8) is 0 Å². The van der Waals surface area contributed by atoms with E-state index in [1.54, 1.807) is 0 Å². The topological polar surface area (TPSA) is 49.7 Å². The molecule has 0 aromatic heterocycles. The molecule has 3 heteroatoms. The first-order valence-electron chi connectivity index (χ1n) is 7.90. The van der Waals surface area contributed by atoms with E-state index in [9.17, 15) is 10.0 Å². The van der Waals surface area contributed by atoms with Crippen LogP contribution in [-0.2, 0) is 10.8 Å². The fourth-order valence-corrected chi connectivity index (χ4v) is 2.55. The third kappa shape index (κ3) is 3.88. The Balaban J connectivity index is 3.74. The van der Waals surface area contributed by atoms with Crippen LogP contribution in [0.3, 0.4) is 0 Å². The van der Waals surface area contributed by atoms with E-state index in [-0.39, 0.29) is 22.0 Å². The summed E-state index contributed by atoms with van der Waals surface area (Å²) < 4.78 is 0. The molecule has 1 aromatic carbocycles. The number of nitroso groups, excluding NO2 is 1. The van der Waals surface area contributed by atoms with Crippen molar-refractivity contribution in [2.75, 3.05) is 0 Å². The zero-order valence-electron chi connectivity index (χ0n) is 15.5. The monoisotopic (exact) mass is 305 g/mol. The van der Waals surface area contributed by atoms with E-state index in [1.165, 1.54) is 0 Å². The molecule has 1 atom stereocenters. The van der Waals surface area contributed by atoms with Crippen LogP contribution in [0.4, 0.5) is 0 Å². The van der Waals surface area contributed by atoms with Gasteiger partial charge in [-0.3, -0.25) is 0 Å². The Kier molecular flexibility index (Phi) is 4.82. The fraction of sp³-hybridized carbons (Fsp3) is 0.684. The Labute approximate surface area is 135 Å². The maximum absolute atomic E-state index is 11.5. The van der Waals surface area contributed by atoms with Gasteiger partial charge in [0.15, 0.2) is 0 Å². The lowest BCUT2D eigenvalue weighted by Gasteiger charge is -2.31. The summed E-state index contributed by atoms with van der Waals surface area (Å²) in [6.45, 7) is 18.5.